The number of rotatable bonds is 8. The molecule has 0 aliphatic rings. The van der Waals surface area contributed by atoms with Gasteiger partial charge in [-0.25, -0.2) is 4.39 Å². The first-order chi connectivity index (χ1) is 8.26. The molecule has 1 aromatic rings. The van der Waals surface area contributed by atoms with Crippen LogP contribution >= 0.6 is 0 Å². The molecule has 1 aromatic carbocycles. The topological polar surface area (TPSA) is 12.0 Å². The van der Waals surface area contributed by atoms with E-state index < -0.39 is 0 Å². The zero-order chi connectivity index (χ0) is 12.5. The maximum Gasteiger partial charge on any atom is 0.123 e. The second-order valence-corrected chi connectivity index (χ2v) is 4.58. The van der Waals surface area contributed by atoms with E-state index in [1.54, 1.807) is 12.1 Å². The van der Waals surface area contributed by atoms with Crippen LogP contribution in [0, 0.1) is 5.82 Å². The number of likely N-dealkylation sites (N-methyl/N-ethyl adjacent to an activating group) is 1. The molecule has 1 unspecified atom stereocenters. The van der Waals surface area contributed by atoms with E-state index in [4.69, 9.17) is 0 Å². The monoisotopic (exact) mass is 237 g/mol. The number of nitrogens with one attached hydrogen (secondary N) is 1. The Bertz CT molecular complexity index is 294. The Hall–Kier alpha value is -0.890. The third-order valence-electron chi connectivity index (χ3n) is 3.04. The molecular formula is C15H24FN. The highest BCUT2D eigenvalue weighted by Gasteiger charge is 2.07. The van der Waals surface area contributed by atoms with Gasteiger partial charge in [0.15, 0.2) is 0 Å². The van der Waals surface area contributed by atoms with Gasteiger partial charge in [-0.15, -0.1) is 0 Å². The van der Waals surface area contributed by atoms with Crippen LogP contribution in [0.15, 0.2) is 24.3 Å². The summed E-state index contributed by atoms with van der Waals surface area (Å²) < 4.78 is 12.8. The van der Waals surface area contributed by atoms with Gasteiger partial charge in [0.2, 0.25) is 0 Å². The lowest BCUT2D eigenvalue weighted by Crippen LogP contribution is -2.30. The maximum atomic E-state index is 12.8. The average Bonchev–Trinajstić information content (AvgIpc) is 2.32. The summed E-state index contributed by atoms with van der Waals surface area (Å²) >= 11 is 0. The molecule has 2 heteroatoms. The third-order valence-corrected chi connectivity index (χ3v) is 3.04. The molecule has 1 rings (SSSR count). The van der Waals surface area contributed by atoms with Crippen LogP contribution < -0.4 is 5.32 Å². The molecule has 0 spiro atoms. The van der Waals surface area contributed by atoms with Crippen LogP contribution in [0.1, 0.15) is 45.1 Å². The SMILES string of the molecule is CCCCCC(Cc1ccc(F)cc1)NCC. The van der Waals surface area contributed by atoms with Crippen LogP contribution in [-0.4, -0.2) is 12.6 Å². The van der Waals surface area contributed by atoms with Gasteiger partial charge in [0, 0.05) is 6.04 Å². The van der Waals surface area contributed by atoms with Gasteiger partial charge in [0.05, 0.1) is 0 Å². The zero-order valence-corrected chi connectivity index (χ0v) is 11.0. The molecule has 0 fully saturated rings. The fraction of sp³-hybridized carbons (Fsp3) is 0.600. The predicted molar refractivity (Wildman–Crippen MR) is 71.7 cm³/mol. The first-order valence-electron chi connectivity index (χ1n) is 6.74. The van der Waals surface area contributed by atoms with E-state index in [9.17, 15) is 4.39 Å². The first kappa shape index (κ1) is 14.2. The van der Waals surface area contributed by atoms with Crippen LogP contribution in [-0.2, 0) is 6.42 Å². The van der Waals surface area contributed by atoms with Crippen molar-refractivity contribution in [3.63, 3.8) is 0 Å². The lowest BCUT2D eigenvalue weighted by Gasteiger charge is -2.17. The smallest absolute Gasteiger partial charge is 0.123 e. The van der Waals surface area contributed by atoms with Crippen molar-refractivity contribution in [2.24, 2.45) is 0 Å². The minimum absolute atomic E-state index is 0.153. The van der Waals surface area contributed by atoms with Crippen LogP contribution in [0.4, 0.5) is 4.39 Å². The van der Waals surface area contributed by atoms with Gasteiger partial charge in [-0.2, -0.15) is 0 Å². The molecule has 96 valence electrons. The lowest BCUT2D eigenvalue weighted by atomic mass is 10.0. The van der Waals surface area contributed by atoms with Crippen LogP contribution in [0.2, 0.25) is 0 Å². The Kier molecular flexibility index (Phi) is 6.87. The quantitative estimate of drug-likeness (QED) is 0.676. The van der Waals surface area contributed by atoms with Crippen molar-refractivity contribution in [1.29, 1.82) is 0 Å². The molecule has 0 aromatic heterocycles. The van der Waals surface area contributed by atoms with Crippen molar-refractivity contribution >= 4 is 0 Å². The predicted octanol–water partition coefficient (Wildman–Crippen LogP) is 3.93. The van der Waals surface area contributed by atoms with Gasteiger partial charge in [0.25, 0.3) is 0 Å². The Morgan fingerprint density at radius 1 is 1.12 bits per heavy atom. The van der Waals surface area contributed by atoms with Crippen LogP contribution in [0.25, 0.3) is 0 Å². The van der Waals surface area contributed by atoms with E-state index in [0.717, 1.165) is 13.0 Å². The van der Waals surface area contributed by atoms with Crippen LogP contribution in [0.3, 0.4) is 0 Å². The highest BCUT2D eigenvalue weighted by molar-refractivity contribution is 5.17. The standard InChI is InChI=1S/C15H24FN/c1-3-5-6-7-15(17-4-2)12-13-8-10-14(16)11-9-13/h8-11,15,17H,3-7,12H2,1-2H3. The van der Waals surface area contributed by atoms with Gasteiger partial charge in [-0.3, -0.25) is 0 Å². The minimum atomic E-state index is -0.153. The fourth-order valence-corrected chi connectivity index (χ4v) is 2.11. The summed E-state index contributed by atoms with van der Waals surface area (Å²) in [7, 11) is 0. The minimum Gasteiger partial charge on any atom is -0.314 e. The summed E-state index contributed by atoms with van der Waals surface area (Å²) in [6.45, 7) is 5.36. The number of unbranched alkanes of at least 4 members (excludes halogenated alkanes) is 2. The fourth-order valence-electron chi connectivity index (χ4n) is 2.11. The molecule has 0 radical (unpaired) electrons. The first-order valence-corrected chi connectivity index (χ1v) is 6.74. The molecule has 0 bridgehead atoms. The van der Waals surface area contributed by atoms with E-state index >= 15 is 0 Å². The molecule has 0 amide bonds. The molecule has 1 nitrogen and oxygen atoms in total. The Labute approximate surface area is 104 Å². The van der Waals surface area contributed by atoms with Gasteiger partial charge in [0.1, 0.15) is 5.82 Å². The van der Waals surface area contributed by atoms with E-state index in [2.05, 4.69) is 19.2 Å². The highest BCUT2D eigenvalue weighted by atomic mass is 19.1. The Balaban J connectivity index is 2.44. The van der Waals surface area contributed by atoms with Crippen LogP contribution in [0.5, 0.6) is 0 Å². The van der Waals surface area contributed by atoms with E-state index in [1.165, 1.54) is 31.2 Å². The zero-order valence-electron chi connectivity index (χ0n) is 11.0. The van der Waals surface area contributed by atoms with E-state index in [-0.39, 0.29) is 5.82 Å². The number of hydrogen-bond acceptors (Lipinski definition) is 1. The van der Waals surface area contributed by atoms with Crippen molar-refractivity contribution < 1.29 is 4.39 Å². The second kappa shape index (κ2) is 8.24. The summed E-state index contributed by atoms with van der Waals surface area (Å²) in [6, 6.07) is 7.39. The summed E-state index contributed by atoms with van der Waals surface area (Å²) in [6.07, 6.45) is 6.03. The maximum absolute atomic E-state index is 12.8. The van der Waals surface area contributed by atoms with Crippen molar-refractivity contribution in [1.82, 2.24) is 5.32 Å². The van der Waals surface area contributed by atoms with Crippen molar-refractivity contribution in [3.05, 3.63) is 35.6 Å². The Morgan fingerprint density at radius 3 is 2.41 bits per heavy atom. The van der Waals surface area contributed by atoms with Gasteiger partial charge in [-0.1, -0.05) is 45.2 Å². The van der Waals surface area contributed by atoms with Crippen molar-refractivity contribution in [2.75, 3.05) is 6.54 Å². The molecule has 1 N–H and O–H groups in total. The highest BCUT2D eigenvalue weighted by Crippen LogP contribution is 2.11. The molecule has 0 heterocycles. The number of halogens is 1. The summed E-state index contributed by atoms with van der Waals surface area (Å²) in [5.74, 6) is -0.153. The lowest BCUT2D eigenvalue weighted by molar-refractivity contribution is 0.466. The summed E-state index contributed by atoms with van der Waals surface area (Å²) in [5.41, 5.74) is 1.22. The largest absolute Gasteiger partial charge is 0.314 e. The third kappa shape index (κ3) is 5.83. The van der Waals surface area contributed by atoms with Crippen molar-refractivity contribution in [2.45, 2.75) is 52.0 Å². The van der Waals surface area contributed by atoms with E-state index in [0.29, 0.717) is 6.04 Å². The molecule has 0 aliphatic heterocycles. The van der Waals surface area contributed by atoms with Gasteiger partial charge in [-0.05, 0) is 37.1 Å². The molecule has 0 saturated carbocycles. The Morgan fingerprint density at radius 2 is 1.82 bits per heavy atom. The molecule has 0 aliphatic carbocycles. The van der Waals surface area contributed by atoms with Crippen molar-refractivity contribution in [3.8, 4) is 0 Å². The summed E-state index contributed by atoms with van der Waals surface area (Å²) in [4.78, 5) is 0. The van der Waals surface area contributed by atoms with E-state index in [1.807, 2.05) is 12.1 Å². The van der Waals surface area contributed by atoms with Gasteiger partial charge >= 0.3 is 0 Å². The second-order valence-electron chi connectivity index (χ2n) is 4.58. The normalized spacial score (nSPS) is 12.6. The molecule has 17 heavy (non-hydrogen) atoms. The van der Waals surface area contributed by atoms with Gasteiger partial charge < -0.3 is 5.32 Å². The average molecular weight is 237 g/mol. The molecule has 1 atom stereocenters. The molecule has 0 saturated heterocycles. The molecular weight excluding hydrogens is 213 g/mol. The summed E-state index contributed by atoms with van der Waals surface area (Å²) in [5, 5.41) is 3.51. The number of hydrogen-bond donors (Lipinski definition) is 1. The number of benzene rings is 1.